The van der Waals surface area contributed by atoms with Gasteiger partial charge in [-0.15, -0.1) is 11.8 Å². The molecule has 0 bridgehead atoms. The fourth-order valence-corrected chi connectivity index (χ4v) is 2.62. The Morgan fingerprint density at radius 2 is 2.16 bits per heavy atom. The molecule has 5 heteroatoms. The largest absolute Gasteiger partial charge is 0.465 e. The Morgan fingerprint density at radius 1 is 1.42 bits per heavy atom. The Bertz CT molecular complexity index is 695. The summed E-state index contributed by atoms with van der Waals surface area (Å²) >= 11 is 1.36. The van der Waals surface area contributed by atoms with Crippen molar-refractivity contribution < 1.29 is 9.53 Å². The van der Waals surface area contributed by atoms with Crippen molar-refractivity contribution in [1.29, 1.82) is 5.26 Å². The second-order valence-electron chi connectivity index (χ2n) is 3.76. The first-order valence-corrected chi connectivity index (χ1v) is 6.78. The molecule has 4 nitrogen and oxygen atoms in total. The number of H-pyrrole nitrogens is 1. The summed E-state index contributed by atoms with van der Waals surface area (Å²) in [6.07, 6.45) is 3.63. The highest BCUT2D eigenvalue weighted by atomic mass is 32.2. The van der Waals surface area contributed by atoms with E-state index in [9.17, 15) is 4.79 Å². The first-order chi connectivity index (χ1) is 9.22. The number of nitriles is 1. The molecule has 1 aromatic carbocycles. The van der Waals surface area contributed by atoms with Gasteiger partial charge in [-0.25, -0.2) is 4.79 Å². The van der Waals surface area contributed by atoms with Gasteiger partial charge in [0, 0.05) is 27.6 Å². The van der Waals surface area contributed by atoms with Crippen molar-refractivity contribution in [3.05, 3.63) is 41.6 Å². The maximum Gasteiger partial charge on any atom is 0.349 e. The Hall–Kier alpha value is -2.19. The van der Waals surface area contributed by atoms with E-state index in [4.69, 9.17) is 5.26 Å². The number of fused-ring (bicyclic) bond motifs is 1. The Kier molecular flexibility index (Phi) is 3.93. The lowest BCUT2D eigenvalue weighted by molar-refractivity contribution is -0.135. The van der Waals surface area contributed by atoms with Gasteiger partial charge in [0.05, 0.1) is 7.11 Å². The zero-order valence-electron chi connectivity index (χ0n) is 10.6. The molecule has 1 N–H and O–H groups in total. The lowest BCUT2D eigenvalue weighted by atomic mass is 10.1. The van der Waals surface area contributed by atoms with E-state index < -0.39 is 5.97 Å². The van der Waals surface area contributed by atoms with E-state index in [1.807, 2.05) is 36.6 Å². The number of aromatic nitrogens is 1. The molecule has 0 aliphatic heterocycles. The number of rotatable bonds is 3. The molecule has 0 radical (unpaired) electrons. The van der Waals surface area contributed by atoms with Gasteiger partial charge in [-0.3, -0.25) is 0 Å². The van der Waals surface area contributed by atoms with Crippen molar-refractivity contribution >= 4 is 33.5 Å². The molecule has 0 amide bonds. The van der Waals surface area contributed by atoms with Gasteiger partial charge in [0.1, 0.15) is 6.07 Å². The number of benzene rings is 1. The number of nitrogens with one attached hydrogen (secondary N) is 1. The maximum absolute atomic E-state index is 11.6. The van der Waals surface area contributed by atoms with E-state index >= 15 is 0 Å². The number of para-hydroxylation sites is 1. The second-order valence-corrected chi connectivity index (χ2v) is 4.58. The number of aromatic amines is 1. The highest BCUT2D eigenvalue weighted by Gasteiger charge is 2.19. The molecule has 1 aromatic heterocycles. The maximum atomic E-state index is 11.6. The molecule has 2 rings (SSSR count). The lowest BCUT2D eigenvalue weighted by Crippen LogP contribution is -2.05. The molecule has 0 aliphatic carbocycles. The van der Waals surface area contributed by atoms with Gasteiger partial charge in [0.25, 0.3) is 0 Å². The summed E-state index contributed by atoms with van der Waals surface area (Å²) in [4.78, 5) is 15.4. The number of hydrogen-bond acceptors (Lipinski definition) is 4. The number of carbonyl (C=O) groups is 1. The number of ether oxygens (including phenoxy) is 1. The monoisotopic (exact) mass is 272 g/mol. The van der Waals surface area contributed by atoms with Crippen LogP contribution in [0.2, 0.25) is 0 Å². The van der Waals surface area contributed by atoms with Gasteiger partial charge >= 0.3 is 5.97 Å². The fraction of sp³-hybridized carbons (Fsp3) is 0.143. The molecule has 0 aliphatic rings. The van der Waals surface area contributed by atoms with E-state index in [1.165, 1.54) is 18.9 Å². The lowest BCUT2D eigenvalue weighted by Gasteiger charge is -2.05. The topological polar surface area (TPSA) is 65.9 Å². The normalized spacial score (nSPS) is 11.8. The average molecular weight is 272 g/mol. The van der Waals surface area contributed by atoms with Crippen LogP contribution in [-0.2, 0) is 9.53 Å². The predicted molar refractivity (Wildman–Crippen MR) is 76.4 cm³/mol. The minimum absolute atomic E-state index is 0.0275. The molecule has 0 fully saturated rings. The summed E-state index contributed by atoms with van der Waals surface area (Å²) in [5, 5.41) is 10.1. The van der Waals surface area contributed by atoms with Crippen LogP contribution in [0.15, 0.2) is 36.0 Å². The molecule has 0 spiro atoms. The molecular formula is C14H12N2O2S. The summed E-state index contributed by atoms with van der Waals surface area (Å²) in [6, 6.07) is 9.67. The average Bonchev–Trinajstić information content (AvgIpc) is 2.87. The number of carbonyl (C=O) groups excluding carboxylic acids is 1. The van der Waals surface area contributed by atoms with E-state index in [2.05, 4.69) is 9.72 Å². The van der Waals surface area contributed by atoms with Gasteiger partial charge in [-0.1, -0.05) is 18.2 Å². The van der Waals surface area contributed by atoms with Crippen molar-refractivity contribution in [3.8, 4) is 6.07 Å². The summed E-state index contributed by atoms with van der Waals surface area (Å²) in [6.45, 7) is 0. The second kappa shape index (κ2) is 5.63. The van der Waals surface area contributed by atoms with Crippen LogP contribution in [0.1, 0.15) is 5.56 Å². The highest BCUT2D eigenvalue weighted by Crippen LogP contribution is 2.34. The standard InChI is InChI=1S/C14H12N2O2S/c1-18-14(17)10(7-15)13(19-2)11-8-16-12-6-4-3-5-9(11)12/h3-6,8,16H,1-2H3/b13-10+. The van der Waals surface area contributed by atoms with Crippen LogP contribution in [0.4, 0.5) is 0 Å². The summed E-state index contributed by atoms with van der Waals surface area (Å²) < 4.78 is 4.65. The third-order valence-corrected chi connectivity index (χ3v) is 3.60. The Morgan fingerprint density at radius 3 is 2.79 bits per heavy atom. The molecule has 0 saturated carbocycles. The number of esters is 1. The number of thioether (sulfide) groups is 1. The first kappa shape index (κ1) is 13.2. The molecule has 0 unspecified atom stereocenters. The minimum Gasteiger partial charge on any atom is -0.465 e. The quantitative estimate of drug-likeness (QED) is 0.530. The smallest absolute Gasteiger partial charge is 0.349 e. The van der Waals surface area contributed by atoms with Crippen LogP contribution in [0, 0.1) is 11.3 Å². The Balaban J connectivity index is 2.69. The molecule has 0 atom stereocenters. The van der Waals surface area contributed by atoms with E-state index in [1.54, 1.807) is 6.20 Å². The van der Waals surface area contributed by atoms with Crippen molar-refractivity contribution in [2.75, 3.05) is 13.4 Å². The van der Waals surface area contributed by atoms with Crippen LogP contribution in [0.3, 0.4) is 0 Å². The zero-order valence-corrected chi connectivity index (χ0v) is 11.4. The van der Waals surface area contributed by atoms with Crippen LogP contribution >= 0.6 is 11.8 Å². The van der Waals surface area contributed by atoms with Crippen molar-refractivity contribution in [2.45, 2.75) is 0 Å². The summed E-state index contributed by atoms with van der Waals surface area (Å²) in [5.74, 6) is -0.614. The van der Waals surface area contributed by atoms with Gasteiger partial charge < -0.3 is 9.72 Å². The summed E-state index contributed by atoms with van der Waals surface area (Å²) in [5.41, 5.74) is 1.83. The summed E-state index contributed by atoms with van der Waals surface area (Å²) in [7, 11) is 1.27. The molecule has 96 valence electrons. The molecule has 2 aromatic rings. The first-order valence-electron chi connectivity index (χ1n) is 5.56. The molecule has 1 heterocycles. The predicted octanol–water partition coefficient (Wildman–Crippen LogP) is 2.94. The highest BCUT2D eigenvalue weighted by molar-refractivity contribution is 8.07. The minimum atomic E-state index is -0.614. The number of nitrogens with zero attached hydrogens (tertiary/aromatic N) is 1. The fourth-order valence-electron chi connectivity index (χ4n) is 1.90. The van der Waals surface area contributed by atoms with Gasteiger partial charge in [-0.05, 0) is 12.3 Å². The van der Waals surface area contributed by atoms with Gasteiger partial charge in [0.2, 0.25) is 0 Å². The molecule has 0 saturated heterocycles. The van der Waals surface area contributed by atoms with Crippen molar-refractivity contribution in [1.82, 2.24) is 4.98 Å². The van der Waals surface area contributed by atoms with Crippen molar-refractivity contribution in [3.63, 3.8) is 0 Å². The SMILES string of the molecule is COC(=O)/C(C#N)=C(/SC)c1c[nH]c2ccccc12. The molecular weight excluding hydrogens is 260 g/mol. The van der Waals surface area contributed by atoms with Gasteiger partial charge in [0.15, 0.2) is 5.57 Å². The number of hydrogen-bond donors (Lipinski definition) is 1. The zero-order chi connectivity index (χ0) is 13.8. The van der Waals surface area contributed by atoms with Crippen LogP contribution < -0.4 is 0 Å². The van der Waals surface area contributed by atoms with E-state index in [0.29, 0.717) is 4.91 Å². The van der Waals surface area contributed by atoms with E-state index in [-0.39, 0.29) is 5.57 Å². The van der Waals surface area contributed by atoms with Crippen molar-refractivity contribution in [2.24, 2.45) is 0 Å². The number of methoxy groups -OCH3 is 1. The van der Waals surface area contributed by atoms with Gasteiger partial charge in [-0.2, -0.15) is 5.26 Å². The molecule has 19 heavy (non-hydrogen) atoms. The third-order valence-electron chi connectivity index (χ3n) is 2.77. The van der Waals surface area contributed by atoms with Crippen LogP contribution in [0.25, 0.3) is 15.8 Å². The Labute approximate surface area is 115 Å². The third kappa shape index (κ3) is 2.35. The van der Waals surface area contributed by atoms with E-state index in [0.717, 1.165) is 16.5 Å². The van der Waals surface area contributed by atoms with Crippen LogP contribution in [0.5, 0.6) is 0 Å². The van der Waals surface area contributed by atoms with Crippen LogP contribution in [-0.4, -0.2) is 24.3 Å².